The van der Waals surface area contributed by atoms with E-state index >= 15 is 0 Å². The normalized spacial score (nSPS) is 10.3. The van der Waals surface area contributed by atoms with Crippen molar-refractivity contribution in [3.63, 3.8) is 0 Å². The van der Waals surface area contributed by atoms with Gasteiger partial charge in [-0.3, -0.25) is 9.78 Å². The molecule has 19 heavy (non-hydrogen) atoms. The van der Waals surface area contributed by atoms with Crippen LogP contribution in [-0.2, 0) is 0 Å². The van der Waals surface area contributed by atoms with Crippen LogP contribution in [-0.4, -0.2) is 17.9 Å². The molecule has 0 fully saturated rings. The van der Waals surface area contributed by atoms with E-state index in [2.05, 4.69) is 4.98 Å². The van der Waals surface area contributed by atoms with E-state index in [1.165, 1.54) is 5.56 Å². The third-order valence-electron chi connectivity index (χ3n) is 3.02. The van der Waals surface area contributed by atoms with Gasteiger partial charge in [0.15, 0.2) is 0 Å². The van der Waals surface area contributed by atoms with Gasteiger partial charge in [0.05, 0.1) is 0 Å². The Morgan fingerprint density at radius 1 is 1.21 bits per heavy atom. The smallest absolute Gasteiger partial charge is 0.276 e. The summed E-state index contributed by atoms with van der Waals surface area (Å²) >= 11 is 0. The van der Waals surface area contributed by atoms with Gasteiger partial charge in [0.2, 0.25) is 0 Å². The van der Waals surface area contributed by atoms with Crippen molar-refractivity contribution in [1.29, 1.82) is 0 Å². The summed E-state index contributed by atoms with van der Waals surface area (Å²) in [7, 11) is 1.74. The second-order valence-corrected chi connectivity index (χ2v) is 4.63. The van der Waals surface area contributed by atoms with Gasteiger partial charge in [0.25, 0.3) is 5.91 Å². The van der Waals surface area contributed by atoms with Crippen molar-refractivity contribution in [1.82, 2.24) is 4.98 Å². The van der Waals surface area contributed by atoms with E-state index in [1.54, 1.807) is 30.3 Å². The van der Waals surface area contributed by atoms with Crippen molar-refractivity contribution in [2.24, 2.45) is 0 Å². The summed E-state index contributed by atoms with van der Waals surface area (Å²) in [5.74, 6) is -0.167. The number of pyridine rings is 1. The number of rotatable bonds is 2. The van der Waals surface area contributed by atoms with E-state index < -0.39 is 0 Å². The van der Waals surface area contributed by atoms with Gasteiger partial charge in [0, 0.05) is 24.6 Å². The van der Waals surface area contributed by atoms with Crippen LogP contribution in [0.3, 0.4) is 0 Å². The minimum atomic E-state index is -0.167. The van der Waals surface area contributed by atoms with Gasteiger partial charge in [0.1, 0.15) is 5.69 Å². The molecule has 1 amide bonds. The van der Waals surface area contributed by atoms with Crippen LogP contribution < -0.4 is 10.6 Å². The second-order valence-electron chi connectivity index (χ2n) is 4.63. The van der Waals surface area contributed by atoms with Gasteiger partial charge >= 0.3 is 0 Å². The number of anilines is 2. The lowest BCUT2D eigenvalue weighted by Gasteiger charge is -2.19. The number of nitrogen functional groups attached to an aromatic ring is 1. The van der Waals surface area contributed by atoms with E-state index in [1.807, 2.05) is 32.0 Å². The largest absolute Gasteiger partial charge is 0.399 e. The average molecular weight is 255 g/mol. The summed E-state index contributed by atoms with van der Waals surface area (Å²) in [4.78, 5) is 18.0. The monoisotopic (exact) mass is 255 g/mol. The quantitative estimate of drug-likeness (QED) is 0.897. The maximum absolute atomic E-state index is 12.3. The van der Waals surface area contributed by atoms with Gasteiger partial charge < -0.3 is 10.6 Å². The third kappa shape index (κ3) is 2.73. The standard InChI is InChI=1S/C15H17N3O/c1-10-4-5-14(11(2)8-10)18(3)15(19)13-9-12(16)6-7-17-13/h4-9H,1-3H3,(H2,16,17). The van der Waals surface area contributed by atoms with Gasteiger partial charge in [-0.25, -0.2) is 0 Å². The second kappa shape index (κ2) is 5.10. The SMILES string of the molecule is Cc1ccc(N(C)C(=O)c2cc(N)ccn2)c(C)c1. The average Bonchev–Trinajstić information content (AvgIpc) is 2.37. The number of aromatic nitrogens is 1. The van der Waals surface area contributed by atoms with Crippen molar-refractivity contribution in [3.05, 3.63) is 53.3 Å². The summed E-state index contributed by atoms with van der Waals surface area (Å²) in [5.41, 5.74) is 9.66. The first-order chi connectivity index (χ1) is 8.99. The van der Waals surface area contributed by atoms with Gasteiger partial charge in [-0.2, -0.15) is 0 Å². The van der Waals surface area contributed by atoms with Crippen molar-refractivity contribution in [3.8, 4) is 0 Å². The predicted octanol–water partition coefficient (Wildman–Crippen LogP) is 2.56. The molecule has 1 aromatic carbocycles. The van der Waals surface area contributed by atoms with E-state index in [4.69, 9.17) is 5.73 Å². The Morgan fingerprint density at radius 2 is 1.95 bits per heavy atom. The maximum Gasteiger partial charge on any atom is 0.276 e. The molecule has 0 saturated heterocycles. The summed E-state index contributed by atoms with van der Waals surface area (Å²) in [6.45, 7) is 4.01. The number of hydrogen-bond acceptors (Lipinski definition) is 3. The molecule has 2 rings (SSSR count). The maximum atomic E-state index is 12.3. The number of hydrogen-bond donors (Lipinski definition) is 1. The van der Waals surface area contributed by atoms with E-state index in [9.17, 15) is 4.79 Å². The van der Waals surface area contributed by atoms with E-state index in [0.29, 0.717) is 11.4 Å². The Morgan fingerprint density at radius 3 is 2.58 bits per heavy atom. The Kier molecular flexibility index (Phi) is 3.51. The molecule has 2 N–H and O–H groups in total. The predicted molar refractivity (Wildman–Crippen MR) is 77.3 cm³/mol. The molecule has 98 valence electrons. The Labute approximate surface area is 112 Å². The number of nitrogens with zero attached hydrogens (tertiary/aromatic N) is 2. The molecule has 4 nitrogen and oxygen atoms in total. The summed E-state index contributed by atoms with van der Waals surface area (Å²) in [6.07, 6.45) is 1.54. The molecule has 0 aliphatic heterocycles. The van der Waals surface area contributed by atoms with Crippen LogP contribution in [0.25, 0.3) is 0 Å². The fourth-order valence-electron chi connectivity index (χ4n) is 2.03. The molecular weight excluding hydrogens is 238 g/mol. The number of carbonyl (C=O) groups is 1. The lowest BCUT2D eigenvalue weighted by molar-refractivity contribution is 0.0988. The third-order valence-corrected chi connectivity index (χ3v) is 3.02. The molecule has 0 atom stereocenters. The van der Waals surface area contributed by atoms with Gasteiger partial charge in [-0.15, -0.1) is 0 Å². The highest BCUT2D eigenvalue weighted by Gasteiger charge is 2.16. The van der Waals surface area contributed by atoms with Crippen LogP contribution in [0.1, 0.15) is 21.6 Å². The van der Waals surface area contributed by atoms with Crippen LogP contribution in [0.5, 0.6) is 0 Å². The number of carbonyl (C=O) groups excluding carboxylic acids is 1. The first-order valence-corrected chi connectivity index (χ1v) is 6.06. The molecular formula is C15H17N3O. The van der Waals surface area contributed by atoms with Crippen molar-refractivity contribution >= 4 is 17.3 Å². The lowest BCUT2D eigenvalue weighted by atomic mass is 10.1. The number of amides is 1. The number of nitrogens with two attached hydrogens (primary N) is 1. The van der Waals surface area contributed by atoms with Crippen LogP contribution in [0, 0.1) is 13.8 Å². The lowest BCUT2D eigenvalue weighted by Crippen LogP contribution is -2.27. The zero-order chi connectivity index (χ0) is 14.0. The molecule has 0 radical (unpaired) electrons. The Balaban J connectivity index is 2.33. The van der Waals surface area contributed by atoms with Gasteiger partial charge in [-0.1, -0.05) is 17.7 Å². The minimum absolute atomic E-state index is 0.167. The summed E-state index contributed by atoms with van der Waals surface area (Å²) in [5, 5.41) is 0. The topological polar surface area (TPSA) is 59.2 Å². The summed E-state index contributed by atoms with van der Waals surface area (Å²) < 4.78 is 0. The molecule has 0 unspecified atom stereocenters. The molecule has 0 spiro atoms. The van der Waals surface area contributed by atoms with E-state index in [0.717, 1.165) is 11.3 Å². The first kappa shape index (κ1) is 13.1. The molecule has 0 aliphatic carbocycles. The van der Waals surface area contributed by atoms with Gasteiger partial charge in [-0.05, 0) is 37.6 Å². The van der Waals surface area contributed by atoms with Crippen LogP contribution in [0.15, 0.2) is 36.5 Å². The van der Waals surface area contributed by atoms with Crippen molar-refractivity contribution in [2.75, 3.05) is 17.7 Å². The zero-order valence-corrected chi connectivity index (χ0v) is 11.3. The Bertz CT molecular complexity index is 623. The van der Waals surface area contributed by atoms with Crippen molar-refractivity contribution < 1.29 is 4.79 Å². The number of aryl methyl sites for hydroxylation is 2. The fourth-order valence-corrected chi connectivity index (χ4v) is 2.03. The number of benzene rings is 1. The van der Waals surface area contributed by atoms with E-state index in [-0.39, 0.29) is 5.91 Å². The minimum Gasteiger partial charge on any atom is -0.399 e. The molecule has 4 heteroatoms. The summed E-state index contributed by atoms with van der Waals surface area (Å²) in [6, 6.07) is 9.22. The fraction of sp³-hybridized carbons (Fsp3) is 0.200. The van der Waals surface area contributed by atoms with Crippen molar-refractivity contribution in [2.45, 2.75) is 13.8 Å². The zero-order valence-electron chi connectivity index (χ0n) is 11.3. The highest BCUT2D eigenvalue weighted by Crippen LogP contribution is 2.21. The highest BCUT2D eigenvalue weighted by atomic mass is 16.2. The van der Waals surface area contributed by atoms with Crippen LogP contribution >= 0.6 is 0 Å². The molecule has 2 aromatic rings. The van der Waals surface area contributed by atoms with Crippen LogP contribution in [0.4, 0.5) is 11.4 Å². The molecule has 1 heterocycles. The first-order valence-electron chi connectivity index (χ1n) is 6.06. The Hall–Kier alpha value is -2.36. The van der Waals surface area contributed by atoms with Crippen LogP contribution in [0.2, 0.25) is 0 Å². The molecule has 0 aliphatic rings. The molecule has 0 bridgehead atoms. The molecule has 0 saturated carbocycles. The highest BCUT2D eigenvalue weighted by molar-refractivity contribution is 6.05. The molecule has 1 aromatic heterocycles.